The quantitative estimate of drug-likeness (QED) is 0.871. The van der Waals surface area contributed by atoms with Gasteiger partial charge in [0.25, 0.3) is 0 Å². The van der Waals surface area contributed by atoms with Gasteiger partial charge < -0.3 is 5.11 Å². The number of hydrogen-bond acceptors (Lipinski definition) is 3. The molecule has 0 aromatic carbocycles. The fourth-order valence-corrected chi connectivity index (χ4v) is 2.45. The second kappa shape index (κ2) is 6.34. The van der Waals surface area contributed by atoms with Crippen molar-refractivity contribution in [3.05, 3.63) is 18.0 Å². The summed E-state index contributed by atoms with van der Waals surface area (Å²) in [6.07, 6.45) is 5.43. The SMILES string of the molecule is CCC(C)n1ccc(CN2CCC(CO)CC2)n1. The Hall–Kier alpha value is -0.870. The van der Waals surface area contributed by atoms with Gasteiger partial charge in [0.2, 0.25) is 0 Å². The largest absolute Gasteiger partial charge is 0.396 e. The van der Waals surface area contributed by atoms with Gasteiger partial charge in [-0.2, -0.15) is 5.10 Å². The first-order valence-corrected chi connectivity index (χ1v) is 7.10. The molecule has 102 valence electrons. The second-order valence-corrected chi connectivity index (χ2v) is 5.45. The van der Waals surface area contributed by atoms with Crippen LogP contribution in [0.2, 0.25) is 0 Å². The van der Waals surface area contributed by atoms with Gasteiger partial charge in [0.05, 0.1) is 5.69 Å². The van der Waals surface area contributed by atoms with Crippen LogP contribution in [0.25, 0.3) is 0 Å². The molecule has 1 unspecified atom stereocenters. The Morgan fingerprint density at radius 2 is 2.17 bits per heavy atom. The van der Waals surface area contributed by atoms with Gasteiger partial charge in [0.1, 0.15) is 0 Å². The van der Waals surface area contributed by atoms with E-state index in [9.17, 15) is 0 Å². The smallest absolute Gasteiger partial charge is 0.0764 e. The maximum absolute atomic E-state index is 9.12. The highest BCUT2D eigenvalue weighted by Crippen LogP contribution is 2.18. The molecular weight excluding hydrogens is 226 g/mol. The molecule has 4 heteroatoms. The third-order valence-electron chi connectivity index (χ3n) is 4.06. The van der Waals surface area contributed by atoms with Crippen molar-refractivity contribution < 1.29 is 5.11 Å². The van der Waals surface area contributed by atoms with Crippen LogP contribution in [-0.2, 0) is 6.54 Å². The van der Waals surface area contributed by atoms with Crippen LogP contribution in [0.3, 0.4) is 0 Å². The molecule has 2 heterocycles. The molecule has 4 nitrogen and oxygen atoms in total. The minimum absolute atomic E-state index is 0.344. The van der Waals surface area contributed by atoms with Gasteiger partial charge in [-0.05, 0) is 51.3 Å². The minimum Gasteiger partial charge on any atom is -0.396 e. The lowest BCUT2D eigenvalue weighted by atomic mass is 9.98. The van der Waals surface area contributed by atoms with E-state index in [1.54, 1.807) is 0 Å². The molecule has 0 bridgehead atoms. The summed E-state index contributed by atoms with van der Waals surface area (Å²) in [5.41, 5.74) is 1.16. The Bertz CT molecular complexity index is 356. The zero-order valence-corrected chi connectivity index (χ0v) is 11.5. The highest BCUT2D eigenvalue weighted by atomic mass is 16.3. The molecule has 1 aromatic rings. The number of rotatable bonds is 5. The minimum atomic E-state index is 0.344. The van der Waals surface area contributed by atoms with Crippen molar-refractivity contribution in [1.82, 2.24) is 14.7 Å². The summed E-state index contributed by atoms with van der Waals surface area (Å²) in [4.78, 5) is 2.44. The van der Waals surface area contributed by atoms with E-state index in [2.05, 4.69) is 40.8 Å². The van der Waals surface area contributed by atoms with Crippen molar-refractivity contribution in [1.29, 1.82) is 0 Å². The summed E-state index contributed by atoms with van der Waals surface area (Å²) in [6, 6.07) is 2.61. The molecule has 1 fully saturated rings. The summed E-state index contributed by atoms with van der Waals surface area (Å²) in [7, 11) is 0. The number of hydrogen-bond donors (Lipinski definition) is 1. The molecule has 0 radical (unpaired) electrons. The molecule has 1 saturated heterocycles. The lowest BCUT2D eigenvalue weighted by Gasteiger charge is -2.30. The van der Waals surface area contributed by atoms with Crippen molar-refractivity contribution in [2.75, 3.05) is 19.7 Å². The summed E-state index contributed by atoms with van der Waals surface area (Å²) in [6.45, 7) is 7.84. The Labute approximate surface area is 110 Å². The fourth-order valence-electron chi connectivity index (χ4n) is 2.45. The second-order valence-electron chi connectivity index (χ2n) is 5.45. The monoisotopic (exact) mass is 251 g/mol. The highest BCUT2D eigenvalue weighted by molar-refractivity contribution is 5.00. The van der Waals surface area contributed by atoms with Crippen LogP contribution in [0.1, 0.15) is 44.8 Å². The lowest BCUT2D eigenvalue weighted by Crippen LogP contribution is -2.34. The summed E-state index contributed by atoms with van der Waals surface area (Å²) in [5, 5.41) is 13.8. The molecule has 0 amide bonds. The number of piperidine rings is 1. The van der Waals surface area contributed by atoms with Crippen LogP contribution >= 0.6 is 0 Å². The average molecular weight is 251 g/mol. The summed E-state index contributed by atoms with van der Waals surface area (Å²) in [5.74, 6) is 0.513. The van der Waals surface area contributed by atoms with Crippen molar-refractivity contribution >= 4 is 0 Å². The number of likely N-dealkylation sites (tertiary alicyclic amines) is 1. The van der Waals surface area contributed by atoms with Crippen LogP contribution in [0.15, 0.2) is 12.3 Å². The van der Waals surface area contributed by atoms with Crippen molar-refractivity contribution in [3.63, 3.8) is 0 Å². The molecule has 18 heavy (non-hydrogen) atoms. The fraction of sp³-hybridized carbons (Fsp3) is 0.786. The van der Waals surface area contributed by atoms with E-state index < -0.39 is 0 Å². The third-order valence-corrected chi connectivity index (χ3v) is 4.06. The van der Waals surface area contributed by atoms with E-state index in [1.807, 2.05) is 0 Å². The summed E-state index contributed by atoms with van der Waals surface area (Å²) < 4.78 is 2.07. The van der Waals surface area contributed by atoms with Crippen molar-refractivity contribution in [3.8, 4) is 0 Å². The molecule has 1 aromatic heterocycles. The van der Waals surface area contributed by atoms with Crippen LogP contribution < -0.4 is 0 Å². The lowest BCUT2D eigenvalue weighted by molar-refractivity contribution is 0.126. The van der Waals surface area contributed by atoms with Crippen LogP contribution in [0.5, 0.6) is 0 Å². The molecule has 0 saturated carbocycles. The number of aromatic nitrogens is 2. The van der Waals surface area contributed by atoms with Gasteiger partial charge in [-0.1, -0.05) is 6.92 Å². The molecule has 0 aliphatic carbocycles. The molecule has 1 aliphatic rings. The first-order chi connectivity index (χ1) is 8.72. The number of aliphatic hydroxyl groups is 1. The molecule has 1 aliphatic heterocycles. The molecule has 2 rings (SSSR count). The van der Waals surface area contributed by atoms with Crippen LogP contribution in [0.4, 0.5) is 0 Å². The maximum Gasteiger partial charge on any atom is 0.0764 e. The maximum atomic E-state index is 9.12. The Balaban J connectivity index is 1.85. The van der Waals surface area contributed by atoms with Crippen LogP contribution in [-0.4, -0.2) is 39.5 Å². The predicted octanol–water partition coefficient (Wildman–Crippen LogP) is 2.06. The first kappa shape index (κ1) is 13.6. The van der Waals surface area contributed by atoms with E-state index in [1.165, 1.54) is 0 Å². The van der Waals surface area contributed by atoms with Gasteiger partial charge in [-0.15, -0.1) is 0 Å². The van der Waals surface area contributed by atoms with E-state index in [-0.39, 0.29) is 0 Å². The van der Waals surface area contributed by atoms with Gasteiger partial charge in [0, 0.05) is 25.4 Å². The zero-order chi connectivity index (χ0) is 13.0. The summed E-state index contributed by atoms with van der Waals surface area (Å²) >= 11 is 0. The zero-order valence-electron chi connectivity index (χ0n) is 11.5. The highest BCUT2D eigenvalue weighted by Gasteiger charge is 2.19. The molecule has 0 spiro atoms. The number of nitrogens with zero attached hydrogens (tertiary/aromatic N) is 3. The first-order valence-electron chi connectivity index (χ1n) is 7.10. The molecule has 1 N–H and O–H groups in total. The predicted molar refractivity (Wildman–Crippen MR) is 72.3 cm³/mol. The topological polar surface area (TPSA) is 41.3 Å². The van der Waals surface area contributed by atoms with Gasteiger partial charge in [-0.25, -0.2) is 0 Å². The van der Waals surface area contributed by atoms with Crippen molar-refractivity contribution in [2.45, 2.75) is 45.7 Å². The third kappa shape index (κ3) is 3.33. The Morgan fingerprint density at radius 1 is 1.44 bits per heavy atom. The van der Waals surface area contributed by atoms with Gasteiger partial charge in [-0.3, -0.25) is 9.58 Å². The van der Waals surface area contributed by atoms with Gasteiger partial charge in [0.15, 0.2) is 0 Å². The standard InChI is InChI=1S/C14H25N3O/c1-3-12(2)17-9-6-14(15-17)10-16-7-4-13(11-18)5-8-16/h6,9,12-13,18H,3-5,7-8,10-11H2,1-2H3. The van der Waals surface area contributed by atoms with Crippen LogP contribution in [0, 0.1) is 5.92 Å². The molecule has 1 atom stereocenters. The number of aliphatic hydroxyl groups excluding tert-OH is 1. The Morgan fingerprint density at radius 3 is 2.78 bits per heavy atom. The van der Waals surface area contributed by atoms with E-state index >= 15 is 0 Å². The van der Waals surface area contributed by atoms with E-state index in [4.69, 9.17) is 5.11 Å². The normalized spacial score (nSPS) is 20.2. The van der Waals surface area contributed by atoms with Gasteiger partial charge >= 0.3 is 0 Å². The average Bonchev–Trinajstić information content (AvgIpc) is 2.87. The Kier molecular flexibility index (Phi) is 4.78. The van der Waals surface area contributed by atoms with E-state index in [0.717, 1.165) is 44.6 Å². The van der Waals surface area contributed by atoms with E-state index in [0.29, 0.717) is 18.6 Å². The van der Waals surface area contributed by atoms with Crippen molar-refractivity contribution in [2.24, 2.45) is 5.92 Å². The molecular formula is C14H25N3O.